The summed E-state index contributed by atoms with van der Waals surface area (Å²) in [5.41, 5.74) is -0.952. The Morgan fingerprint density at radius 2 is 1.78 bits per heavy atom. The molecular weight excluding hydrogens is 467 g/mol. The van der Waals surface area contributed by atoms with Gasteiger partial charge in [0.15, 0.2) is 0 Å². The van der Waals surface area contributed by atoms with Gasteiger partial charge in [0.05, 0.1) is 23.9 Å². The number of likely N-dealkylation sites (tertiary alicyclic amines) is 1. The van der Waals surface area contributed by atoms with Gasteiger partial charge in [-0.2, -0.15) is 13.2 Å². The number of benzene rings is 1. The molecule has 1 aromatic carbocycles. The van der Waals surface area contributed by atoms with Crippen molar-refractivity contribution >= 4 is 34.0 Å². The van der Waals surface area contributed by atoms with E-state index < -0.39 is 21.8 Å². The number of halogens is 4. The molecule has 1 N–H and O–H groups in total. The number of carbonyl (C=O) groups excluding carboxylic acids is 1. The third-order valence-electron chi connectivity index (χ3n) is 6.27. The van der Waals surface area contributed by atoms with E-state index in [1.807, 2.05) is 0 Å². The zero-order valence-corrected chi connectivity index (χ0v) is 20.0. The highest BCUT2D eigenvalue weighted by Crippen LogP contribution is 2.33. The molecule has 0 spiro atoms. The number of hydrogen-bond donors (Lipinski definition) is 1. The van der Waals surface area contributed by atoms with Crippen molar-refractivity contribution in [2.45, 2.75) is 63.2 Å². The van der Waals surface area contributed by atoms with E-state index in [0.29, 0.717) is 6.04 Å². The Bertz CT molecular complexity index is 905. The molecule has 1 amide bonds. The lowest BCUT2D eigenvalue weighted by molar-refractivity contribution is -0.137. The monoisotopic (exact) mass is 497 g/mol. The molecule has 11 heteroatoms. The number of rotatable bonds is 6. The molecule has 1 aliphatic heterocycles. The third-order valence-corrected chi connectivity index (χ3v) is 6.86. The molecule has 6 nitrogen and oxygen atoms in total. The average Bonchev–Trinajstić information content (AvgIpc) is 3.21. The van der Waals surface area contributed by atoms with Crippen LogP contribution in [0.3, 0.4) is 0 Å². The second kappa shape index (κ2) is 10.6. The predicted molar refractivity (Wildman–Crippen MR) is 120 cm³/mol. The van der Waals surface area contributed by atoms with Crippen LogP contribution in [0.5, 0.6) is 0 Å². The van der Waals surface area contributed by atoms with E-state index in [-0.39, 0.29) is 42.0 Å². The van der Waals surface area contributed by atoms with E-state index in [1.54, 1.807) is 11.9 Å². The molecule has 1 heterocycles. The van der Waals surface area contributed by atoms with Crippen molar-refractivity contribution in [1.82, 2.24) is 9.80 Å². The molecule has 2 fully saturated rings. The summed E-state index contributed by atoms with van der Waals surface area (Å²) in [6.07, 6.45) is 2.49. The molecule has 2 aliphatic rings. The van der Waals surface area contributed by atoms with Crippen molar-refractivity contribution in [2.75, 3.05) is 31.1 Å². The summed E-state index contributed by atoms with van der Waals surface area (Å²) in [4.78, 5) is 17.2. The van der Waals surface area contributed by atoms with Crippen LogP contribution in [0.15, 0.2) is 18.2 Å². The normalized spacial score (nSPS) is 22.3. The maximum absolute atomic E-state index is 13.1. The van der Waals surface area contributed by atoms with E-state index in [1.165, 1.54) is 6.07 Å². The summed E-state index contributed by atoms with van der Waals surface area (Å²) in [7, 11) is -2.06. The van der Waals surface area contributed by atoms with Gasteiger partial charge >= 0.3 is 6.18 Å². The Morgan fingerprint density at radius 1 is 1.16 bits per heavy atom. The summed E-state index contributed by atoms with van der Waals surface area (Å²) < 4.78 is 64.8. The van der Waals surface area contributed by atoms with Gasteiger partial charge < -0.3 is 4.90 Å². The molecule has 3 rings (SSSR count). The summed E-state index contributed by atoms with van der Waals surface area (Å²) in [6, 6.07) is 3.16. The maximum atomic E-state index is 13.1. The largest absolute Gasteiger partial charge is 0.416 e. The lowest BCUT2D eigenvalue weighted by Gasteiger charge is -2.42. The molecule has 0 aromatic heterocycles. The fourth-order valence-electron chi connectivity index (χ4n) is 4.72. The quantitative estimate of drug-likeness (QED) is 0.647. The summed E-state index contributed by atoms with van der Waals surface area (Å²) in [6.45, 7) is 2.06. The molecule has 32 heavy (non-hydrogen) atoms. The van der Waals surface area contributed by atoms with Crippen molar-refractivity contribution in [3.63, 3.8) is 0 Å². The SMILES string of the molecule is CN(C(=O)Cc1ccc(C(F)(F)F)cc1NS(C)(=O)=O)[C@@H]1CCCC[C@H]1N1CCCC1.Cl. The van der Waals surface area contributed by atoms with Gasteiger partial charge in [-0.15, -0.1) is 12.4 Å². The highest BCUT2D eigenvalue weighted by Gasteiger charge is 2.36. The number of alkyl halides is 3. The first-order valence-corrected chi connectivity index (χ1v) is 12.5. The predicted octanol–water partition coefficient (Wildman–Crippen LogP) is 3.91. The second-order valence-electron chi connectivity index (χ2n) is 8.59. The molecular formula is C21H31ClF3N3O3S. The molecule has 182 valence electrons. The van der Waals surface area contributed by atoms with Gasteiger partial charge in [-0.1, -0.05) is 18.9 Å². The van der Waals surface area contributed by atoms with Gasteiger partial charge in [0.2, 0.25) is 15.9 Å². The highest BCUT2D eigenvalue weighted by molar-refractivity contribution is 7.92. The number of sulfonamides is 1. The fourth-order valence-corrected chi connectivity index (χ4v) is 5.31. The van der Waals surface area contributed by atoms with E-state index >= 15 is 0 Å². The number of anilines is 1. The Morgan fingerprint density at radius 3 is 2.38 bits per heavy atom. The van der Waals surface area contributed by atoms with Gasteiger partial charge in [-0.05, 0) is 56.5 Å². The maximum Gasteiger partial charge on any atom is 0.416 e. The number of nitrogens with zero attached hydrogens (tertiary/aromatic N) is 2. The van der Waals surface area contributed by atoms with E-state index in [9.17, 15) is 26.4 Å². The number of likely N-dealkylation sites (N-methyl/N-ethyl adjacent to an activating group) is 1. The van der Waals surface area contributed by atoms with Gasteiger partial charge in [0, 0.05) is 19.1 Å². The number of carbonyl (C=O) groups is 1. The van der Waals surface area contributed by atoms with Crippen molar-refractivity contribution < 1.29 is 26.4 Å². The van der Waals surface area contributed by atoms with Gasteiger partial charge in [0.1, 0.15) is 0 Å². The van der Waals surface area contributed by atoms with Crippen LogP contribution in [0.1, 0.15) is 49.7 Å². The first kappa shape index (κ1) is 26.7. The zero-order valence-electron chi connectivity index (χ0n) is 18.3. The standard InChI is InChI=1S/C21H30F3N3O3S.ClH/c1-26(18-7-3-4-8-19(18)27-11-5-6-12-27)20(28)13-15-9-10-16(21(22,23)24)14-17(15)25-31(2,29)30;/h9-10,14,18-19,25H,3-8,11-13H2,1-2H3;1H/t18-,19-;/m1./s1. The average molecular weight is 498 g/mol. The van der Waals surface area contributed by atoms with Crippen molar-refractivity contribution in [1.29, 1.82) is 0 Å². The van der Waals surface area contributed by atoms with Crippen LogP contribution in [0.2, 0.25) is 0 Å². The molecule has 1 aromatic rings. The van der Waals surface area contributed by atoms with Crippen molar-refractivity contribution in [2.24, 2.45) is 0 Å². The second-order valence-corrected chi connectivity index (χ2v) is 10.3. The van der Waals surface area contributed by atoms with Crippen LogP contribution in [0.4, 0.5) is 18.9 Å². The molecule has 1 saturated heterocycles. The van der Waals surface area contributed by atoms with Crippen molar-refractivity contribution in [3.8, 4) is 0 Å². The molecule has 0 bridgehead atoms. The summed E-state index contributed by atoms with van der Waals surface area (Å²) >= 11 is 0. The van der Waals surface area contributed by atoms with Crippen LogP contribution in [0, 0.1) is 0 Å². The van der Waals surface area contributed by atoms with Crippen LogP contribution in [-0.2, 0) is 27.4 Å². The van der Waals surface area contributed by atoms with Crippen molar-refractivity contribution in [3.05, 3.63) is 29.3 Å². The highest BCUT2D eigenvalue weighted by atomic mass is 35.5. The number of hydrogen-bond acceptors (Lipinski definition) is 4. The van der Waals surface area contributed by atoms with E-state index in [4.69, 9.17) is 0 Å². The van der Waals surface area contributed by atoms with E-state index in [2.05, 4.69) is 9.62 Å². The topological polar surface area (TPSA) is 69.7 Å². The minimum atomic E-state index is -4.61. The Hall–Kier alpha value is -1.52. The summed E-state index contributed by atoms with van der Waals surface area (Å²) in [5, 5.41) is 0. The Balaban J connectivity index is 0.00000363. The lowest BCUT2D eigenvalue weighted by Crippen LogP contribution is -2.53. The molecule has 0 unspecified atom stereocenters. The van der Waals surface area contributed by atoms with Crippen LogP contribution < -0.4 is 4.72 Å². The van der Waals surface area contributed by atoms with E-state index in [0.717, 1.165) is 70.0 Å². The first-order chi connectivity index (χ1) is 14.5. The molecule has 2 atom stereocenters. The lowest BCUT2D eigenvalue weighted by atomic mass is 9.88. The van der Waals surface area contributed by atoms with Crippen LogP contribution >= 0.6 is 12.4 Å². The summed E-state index contributed by atoms with van der Waals surface area (Å²) in [5.74, 6) is -0.229. The van der Waals surface area contributed by atoms with Crippen LogP contribution in [-0.4, -0.2) is 62.6 Å². The third kappa shape index (κ3) is 6.74. The smallest absolute Gasteiger partial charge is 0.341 e. The van der Waals surface area contributed by atoms with Gasteiger partial charge in [0.25, 0.3) is 0 Å². The number of nitrogens with one attached hydrogen (secondary N) is 1. The fraction of sp³-hybridized carbons (Fsp3) is 0.667. The first-order valence-electron chi connectivity index (χ1n) is 10.6. The molecule has 0 radical (unpaired) electrons. The Kier molecular flexibility index (Phi) is 8.86. The van der Waals surface area contributed by atoms with Crippen LogP contribution in [0.25, 0.3) is 0 Å². The zero-order chi connectivity index (χ0) is 22.8. The van der Waals surface area contributed by atoms with Gasteiger partial charge in [-0.25, -0.2) is 8.42 Å². The Labute approximate surface area is 194 Å². The minimum absolute atomic E-state index is 0. The molecule has 1 aliphatic carbocycles. The van der Waals surface area contributed by atoms with Gasteiger partial charge in [-0.3, -0.25) is 14.4 Å². The molecule has 1 saturated carbocycles. The minimum Gasteiger partial charge on any atom is -0.341 e. The number of amides is 1.